The summed E-state index contributed by atoms with van der Waals surface area (Å²) in [5, 5.41) is 9.33. The number of aromatic nitrogens is 2. The molecule has 0 bridgehead atoms. The van der Waals surface area contributed by atoms with Gasteiger partial charge in [-0.15, -0.1) is 0 Å². The molecule has 2 aromatic rings. The van der Waals surface area contributed by atoms with E-state index in [1.807, 2.05) is 0 Å². The van der Waals surface area contributed by atoms with E-state index >= 15 is 0 Å². The second-order valence-corrected chi connectivity index (χ2v) is 3.14. The third-order valence-corrected chi connectivity index (χ3v) is 2.14. The standard InChI is InChI=1S/C9H7F3N2O/c1-14-5-3-2-4-6(15)7(5)13-8(14)9(10,11)12/h2-4,15H,1H3. The fourth-order valence-corrected chi connectivity index (χ4v) is 1.45. The molecule has 1 N–H and O–H groups in total. The van der Waals surface area contributed by atoms with Crippen molar-refractivity contribution in [2.24, 2.45) is 7.05 Å². The highest BCUT2D eigenvalue weighted by Gasteiger charge is 2.36. The molecule has 0 aliphatic heterocycles. The molecule has 1 aromatic heterocycles. The van der Waals surface area contributed by atoms with Crippen LogP contribution in [0.5, 0.6) is 5.75 Å². The van der Waals surface area contributed by atoms with E-state index in [1.165, 1.54) is 25.2 Å². The highest BCUT2D eigenvalue weighted by Crippen LogP contribution is 2.32. The zero-order valence-corrected chi connectivity index (χ0v) is 7.71. The molecule has 1 heterocycles. The van der Waals surface area contributed by atoms with Crippen LogP contribution in [0.25, 0.3) is 11.0 Å². The summed E-state index contributed by atoms with van der Waals surface area (Å²) in [6.45, 7) is 0. The van der Waals surface area contributed by atoms with Gasteiger partial charge in [0, 0.05) is 7.05 Å². The summed E-state index contributed by atoms with van der Waals surface area (Å²) in [7, 11) is 1.26. The monoisotopic (exact) mass is 216 g/mol. The maximum absolute atomic E-state index is 12.5. The zero-order chi connectivity index (χ0) is 11.2. The minimum absolute atomic E-state index is 0.0349. The summed E-state index contributed by atoms with van der Waals surface area (Å²) in [5.74, 6) is -1.27. The minimum atomic E-state index is -4.51. The molecular weight excluding hydrogens is 209 g/mol. The van der Waals surface area contributed by atoms with E-state index in [1.54, 1.807) is 0 Å². The first-order valence-electron chi connectivity index (χ1n) is 4.13. The number of hydrogen-bond donors (Lipinski definition) is 1. The fourth-order valence-electron chi connectivity index (χ4n) is 1.45. The number of imidazole rings is 1. The van der Waals surface area contributed by atoms with Crippen LogP contribution in [-0.2, 0) is 13.2 Å². The van der Waals surface area contributed by atoms with E-state index in [0.717, 1.165) is 4.57 Å². The Morgan fingerprint density at radius 2 is 2.00 bits per heavy atom. The number of benzene rings is 1. The maximum Gasteiger partial charge on any atom is 0.449 e. The Morgan fingerprint density at radius 1 is 1.33 bits per heavy atom. The van der Waals surface area contributed by atoms with E-state index in [-0.39, 0.29) is 16.8 Å². The number of rotatable bonds is 0. The lowest BCUT2D eigenvalue weighted by Gasteiger charge is -2.05. The van der Waals surface area contributed by atoms with Gasteiger partial charge in [0.05, 0.1) is 5.52 Å². The predicted octanol–water partition coefficient (Wildman–Crippen LogP) is 2.30. The van der Waals surface area contributed by atoms with Gasteiger partial charge in [-0.3, -0.25) is 0 Å². The molecule has 15 heavy (non-hydrogen) atoms. The number of phenolic OH excluding ortho intramolecular Hbond substituents is 1. The van der Waals surface area contributed by atoms with Gasteiger partial charge in [-0.2, -0.15) is 13.2 Å². The van der Waals surface area contributed by atoms with Gasteiger partial charge in [-0.25, -0.2) is 4.98 Å². The Balaban J connectivity index is 2.81. The summed E-state index contributed by atoms with van der Waals surface area (Å²) in [6, 6.07) is 4.24. The van der Waals surface area contributed by atoms with Crippen molar-refractivity contribution in [2.75, 3.05) is 0 Å². The molecule has 6 heteroatoms. The molecule has 0 radical (unpaired) electrons. The Morgan fingerprint density at radius 3 is 2.53 bits per heavy atom. The number of aryl methyl sites for hydroxylation is 1. The Kier molecular flexibility index (Phi) is 1.89. The molecule has 1 aromatic carbocycles. The molecule has 0 saturated heterocycles. The molecule has 0 amide bonds. The molecule has 0 aliphatic rings. The van der Waals surface area contributed by atoms with Crippen LogP contribution in [-0.4, -0.2) is 14.7 Å². The third-order valence-electron chi connectivity index (χ3n) is 2.14. The smallest absolute Gasteiger partial charge is 0.449 e. The van der Waals surface area contributed by atoms with Crippen molar-refractivity contribution in [1.29, 1.82) is 0 Å². The lowest BCUT2D eigenvalue weighted by molar-refractivity contribution is -0.146. The van der Waals surface area contributed by atoms with Crippen LogP contribution in [0.4, 0.5) is 13.2 Å². The largest absolute Gasteiger partial charge is 0.506 e. The molecule has 0 unspecified atom stereocenters. The number of alkyl halides is 3. The van der Waals surface area contributed by atoms with Gasteiger partial charge in [0.25, 0.3) is 0 Å². The highest BCUT2D eigenvalue weighted by atomic mass is 19.4. The van der Waals surface area contributed by atoms with Crippen LogP contribution in [0.15, 0.2) is 18.2 Å². The van der Waals surface area contributed by atoms with E-state index < -0.39 is 12.0 Å². The van der Waals surface area contributed by atoms with E-state index in [4.69, 9.17) is 0 Å². The summed E-state index contributed by atoms with van der Waals surface area (Å²) >= 11 is 0. The van der Waals surface area contributed by atoms with E-state index in [2.05, 4.69) is 4.98 Å². The molecule has 0 saturated carbocycles. The number of halogens is 3. The highest BCUT2D eigenvalue weighted by molar-refractivity contribution is 5.82. The van der Waals surface area contributed by atoms with Gasteiger partial charge < -0.3 is 9.67 Å². The van der Waals surface area contributed by atoms with Crippen molar-refractivity contribution < 1.29 is 18.3 Å². The van der Waals surface area contributed by atoms with Gasteiger partial charge in [0.15, 0.2) is 0 Å². The van der Waals surface area contributed by atoms with Crippen LogP contribution in [0.2, 0.25) is 0 Å². The van der Waals surface area contributed by atoms with Crippen molar-refractivity contribution in [3.63, 3.8) is 0 Å². The fraction of sp³-hybridized carbons (Fsp3) is 0.222. The average molecular weight is 216 g/mol. The molecule has 80 valence electrons. The van der Waals surface area contributed by atoms with Crippen molar-refractivity contribution in [1.82, 2.24) is 9.55 Å². The number of nitrogens with zero attached hydrogens (tertiary/aromatic N) is 2. The summed E-state index contributed by atoms with van der Waals surface area (Å²) in [4.78, 5) is 3.37. The number of fused-ring (bicyclic) bond motifs is 1. The average Bonchev–Trinajstić information content (AvgIpc) is 2.45. The molecule has 0 fully saturated rings. The Hall–Kier alpha value is -1.72. The summed E-state index contributed by atoms with van der Waals surface area (Å²) in [6.07, 6.45) is -4.51. The maximum atomic E-state index is 12.5. The van der Waals surface area contributed by atoms with Crippen LogP contribution < -0.4 is 0 Å². The Bertz CT molecular complexity index is 516. The SMILES string of the molecule is Cn1c(C(F)(F)F)nc2c(O)cccc21. The van der Waals surface area contributed by atoms with Crippen molar-refractivity contribution >= 4 is 11.0 Å². The van der Waals surface area contributed by atoms with Gasteiger partial charge >= 0.3 is 6.18 Å². The van der Waals surface area contributed by atoms with E-state index in [9.17, 15) is 18.3 Å². The van der Waals surface area contributed by atoms with Gasteiger partial charge in [0.1, 0.15) is 11.3 Å². The second-order valence-electron chi connectivity index (χ2n) is 3.14. The first kappa shape index (κ1) is 9.82. The molecule has 3 nitrogen and oxygen atoms in total. The minimum Gasteiger partial charge on any atom is -0.506 e. The van der Waals surface area contributed by atoms with Gasteiger partial charge in [-0.05, 0) is 12.1 Å². The first-order chi connectivity index (χ1) is 6.91. The van der Waals surface area contributed by atoms with Crippen molar-refractivity contribution in [2.45, 2.75) is 6.18 Å². The summed E-state index contributed by atoms with van der Waals surface area (Å²) in [5.41, 5.74) is 0.217. The molecular formula is C9H7F3N2O. The normalized spacial score (nSPS) is 12.3. The molecule has 0 aliphatic carbocycles. The van der Waals surface area contributed by atoms with Crippen molar-refractivity contribution in [3.8, 4) is 5.75 Å². The zero-order valence-electron chi connectivity index (χ0n) is 7.71. The number of para-hydroxylation sites is 1. The molecule has 0 spiro atoms. The van der Waals surface area contributed by atoms with Crippen LogP contribution >= 0.6 is 0 Å². The third kappa shape index (κ3) is 1.42. The van der Waals surface area contributed by atoms with Crippen LogP contribution in [0.3, 0.4) is 0 Å². The van der Waals surface area contributed by atoms with E-state index in [0.29, 0.717) is 0 Å². The topological polar surface area (TPSA) is 38.0 Å². The van der Waals surface area contributed by atoms with Crippen LogP contribution in [0, 0.1) is 0 Å². The van der Waals surface area contributed by atoms with Gasteiger partial charge in [-0.1, -0.05) is 6.07 Å². The number of phenols is 1. The van der Waals surface area contributed by atoms with Crippen molar-refractivity contribution in [3.05, 3.63) is 24.0 Å². The van der Waals surface area contributed by atoms with Gasteiger partial charge in [0.2, 0.25) is 5.82 Å². The summed E-state index contributed by atoms with van der Waals surface area (Å²) < 4.78 is 38.3. The lowest BCUT2D eigenvalue weighted by atomic mass is 10.3. The number of hydrogen-bond acceptors (Lipinski definition) is 2. The predicted molar refractivity (Wildman–Crippen MR) is 47.4 cm³/mol. The second kappa shape index (κ2) is 2.88. The van der Waals surface area contributed by atoms with Crippen LogP contribution in [0.1, 0.15) is 5.82 Å². The molecule has 0 atom stereocenters. The first-order valence-corrected chi connectivity index (χ1v) is 4.13. The number of aromatic hydroxyl groups is 1. The Labute approximate surface area is 82.8 Å². The quantitative estimate of drug-likeness (QED) is 0.733. The molecule has 2 rings (SSSR count). The lowest BCUT2D eigenvalue weighted by Crippen LogP contribution is -2.12.